The van der Waals surface area contributed by atoms with Crippen LogP contribution in [0.5, 0.6) is 11.6 Å². The minimum absolute atomic E-state index is 0.0551. The molecule has 222 valence electrons. The number of rotatable bonds is 10. The lowest BCUT2D eigenvalue weighted by molar-refractivity contribution is -0.136. The SMILES string of the molecule is COc1ccc2c(O[C@H]3C[C@@H](C(=O)N(CCO)CC4CC4C(=O)NC4CC4)CN3C(=O)OC(C)(C)C)nccc2c1. The first-order valence-corrected chi connectivity index (χ1v) is 14.4. The maximum Gasteiger partial charge on any atom is 0.413 e. The Bertz CT molecular complexity index is 1290. The van der Waals surface area contributed by atoms with Crippen LogP contribution < -0.4 is 14.8 Å². The number of fused-ring (bicyclic) bond motifs is 1. The van der Waals surface area contributed by atoms with Crippen molar-refractivity contribution in [3.8, 4) is 11.6 Å². The highest BCUT2D eigenvalue weighted by Gasteiger charge is 2.48. The number of nitrogens with zero attached hydrogens (tertiary/aromatic N) is 3. The molecule has 1 aromatic heterocycles. The van der Waals surface area contributed by atoms with E-state index in [1.54, 1.807) is 39.0 Å². The van der Waals surface area contributed by atoms with Crippen LogP contribution in [-0.4, -0.2) is 89.0 Å². The molecule has 1 saturated heterocycles. The molecule has 2 unspecified atom stereocenters. The minimum Gasteiger partial charge on any atom is -0.497 e. The molecule has 2 aromatic rings. The van der Waals surface area contributed by atoms with Gasteiger partial charge in [-0.25, -0.2) is 9.78 Å². The summed E-state index contributed by atoms with van der Waals surface area (Å²) in [6.45, 7) is 5.82. The first-order chi connectivity index (χ1) is 19.6. The zero-order valence-electron chi connectivity index (χ0n) is 24.2. The first-order valence-electron chi connectivity index (χ1n) is 14.4. The van der Waals surface area contributed by atoms with Gasteiger partial charge in [0.15, 0.2) is 6.23 Å². The van der Waals surface area contributed by atoms with Crippen LogP contribution in [0.3, 0.4) is 0 Å². The van der Waals surface area contributed by atoms with Crippen LogP contribution in [0.25, 0.3) is 10.8 Å². The molecule has 11 nitrogen and oxygen atoms in total. The zero-order valence-corrected chi connectivity index (χ0v) is 24.2. The first kappa shape index (κ1) is 28.9. The lowest BCUT2D eigenvalue weighted by atomic mass is 10.1. The summed E-state index contributed by atoms with van der Waals surface area (Å²) >= 11 is 0. The van der Waals surface area contributed by atoms with E-state index in [1.165, 1.54) is 4.90 Å². The zero-order chi connectivity index (χ0) is 29.3. The van der Waals surface area contributed by atoms with E-state index >= 15 is 0 Å². The summed E-state index contributed by atoms with van der Waals surface area (Å²) in [4.78, 5) is 46.9. The fraction of sp³-hybridized carbons (Fsp3) is 0.600. The van der Waals surface area contributed by atoms with Gasteiger partial charge in [0.2, 0.25) is 17.7 Å². The molecule has 4 atom stereocenters. The van der Waals surface area contributed by atoms with E-state index in [2.05, 4.69) is 10.3 Å². The van der Waals surface area contributed by atoms with Gasteiger partial charge in [0, 0.05) is 49.6 Å². The van der Waals surface area contributed by atoms with Crippen LogP contribution in [-0.2, 0) is 14.3 Å². The Morgan fingerprint density at radius 2 is 1.95 bits per heavy atom. The quantitative estimate of drug-likeness (QED) is 0.448. The average molecular weight is 569 g/mol. The number of carbonyl (C=O) groups excluding carboxylic acids is 3. The highest BCUT2D eigenvalue weighted by molar-refractivity contribution is 5.88. The molecule has 1 aromatic carbocycles. The molecular formula is C30H40N4O7. The highest BCUT2D eigenvalue weighted by atomic mass is 16.6. The molecular weight excluding hydrogens is 528 g/mol. The predicted octanol–water partition coefficient (Wildman–Crippen LogP) is 2.94. The van der Waals surface area contributed by atoms with Gasteiger partial charge in [-0.3, -0.25) is 14.5 Å². The van der Waals surface area contributed by atoms with Crippen molar-refractivity contribution in [2.45, 2.75) is 64.3 Å². The van der Waals surface area contributed by atoms with E-state index in [4.69, 9.17) is 14.2 Å². The Hall–Kier alpha value is -3.60. The maximum atomic E-state index is 13.7. The van der Waals surface area contributed by atoms with E-state index in [0.717, 1.165) is 30.0 Å². The van der Waals surface area contributed by atoms with Gasteiger partial charge in [0.1, 0.15) is 11.4 Å². The number of pyridine rings is 1. The Balaban J connectivity index is 1.32. The van der Waals surface area contributed by atoms with Crippen LogP contribution >= 0.6 is 0 Å². The summed E-state index contributed by atoms with van der Waals surface area (Å²) in [7, 11) is 1.60. The van der Waals surface area contributed by atoms with Crippen molar-refractivity contribution in [3.63, 3.8) is 0 Å². The fourth-order valence-electron chi connectivity index (χ4n) is 5.34. The number of nitrogens with one attached hydrogen (secondary N) is 1. The van der Waals surface area contributed by atoms with Crippen molar-refractivity contribution >= 4 is 28.7 Å². The largest absolute Gasteiger partial charge is 0.497 e. The van der Waals surface area contributed by atoms with Gasteiger partial charge in [0.25, 0.3) is 0 Å². The molecule has 2 N–H and O–H groups in total. The number of aliphatic hydroxyl groups is 1. The Labute approximate surface area is 240 Å². The maximum absolute atomic E-state index is 13.7. The minimum atomic E-state index is -0.784. The van der Waals surface area contributed by atoms with Gasteiger partial charge in [-0.1, -0.05) is 0 Å². The van der Waals surface area contributed by atoms with Gasteiger partial charge in [-0.05, 0) is 75.6 Å². The van der Waals surface area contributed by atoms with Gasteiger partial charge in [-0.15, -0.1) is 0 Å². The number of aromatic nitrogens is 1. The molecule has 2 heterocycles. The summed E-state index contributed by atoms with van der Waals surface area (Å²) in [5.41, 5.74) is -0.733. The van der Waals surface area contributed by atoms with Crippen LogP contribution in [0.4, 0.5) is 4.79 Å². The third kappa shape index (κ3) is 7.01. The Morgan fingerprint density at radius 3 is 2.63 bits per heavy atom. The lowest BCUT2D eigenvalue weighted by Gasteiger charge is -2.28. The normalized spacial score (nSPS) is 23.7. The van der Waals surface area contributed by atoms with E-state index in [-0.39, 0.29) is 49.8 Å². The number of methoxy groups -OCH3 is 1. The molecule has 3 fully saturated rings. The van der Waals surface area contributed by atoms with E-state index in [9.17, 15) is 19.5 Å². The highest BCUT2D eigenvalue weighted by Crippen LogP contribution is 2.41. The standard InChI is InChI=1S/C30H40N4O7/c1-30(2,3)41-29(38)34-17-20(15-25(34)40-27-23-8-7-22(39-4)13-18(23)9-10-31-27)28(37)33(11-12-35)16-19-14-24(19)26(36)32-21-5-6-21/h7-10,13,19-21,24-25,35H,5-6,11-12,14-17H2,1-4H3,(H,32,36)/t19?,20-,24?,25+/m1/s1. The van der Waals surface area contributed by atoms with Crippen molar-refractivity contribution < 1.29 is 33.7 Å². The third-order valence-corrected chi connectivity index (χ3v) is 7.73. The molecule has 11 heteroatoms. The van der Waals surface area contributed by atoms with Crippen molar-refractivity contribution in [2.24, 2.45) is 17.8 Å². The van der Waals surface area contributed by atoms with E-state index in [1.807, 2.05) is 24.3 Å². The third-order valence-electron chi connectivity index (χ3n) is 7.73. The summed E-state index contributed by atoms with van der Waals surface area (Å²) in [6.07, 6.45) is 3.29. The second kappa shape index (κ2) is 11.7. The molecule has 3 aliphatic rings. The van der Waals surface area contributed by atoms with E-state index < -0.39 is 23.8 Å². The summed E-state index contributed by atoms with van der Waals surface area (Å²) < 4.78 is 17.3. The number of carbonyl (C=O) groups is 3. The molecule has 0 bridgehead atoms. The number of hydrogen-bond acceptors (Lipinski definition) is 8. The molecule has 5 rings (SSSR count). The second-order valence-corrected chi connectivity index (χ2v) is 12.2. The Kier molecular flexibility index (Phi) is 8.26. The van der Waals surface area contributed by atoms with E-state index in [0.29, 0.717) is 24.2 Å². The number of ether oxygens (including phenoxy) is 3. The van der Waals surface area contributed by atoms with Crippen molar-refractivity contribution in [3.05, 3.63) is 30.5 Å². The van der Waals surface area contributed by atoms with Gasteiger partial charge in [-0.2, -0.15) is 0 Å². The number of amides is 3. The Morgan fingerprint density at radius 1 is 1.17 bits per heavy atom. The van der Waals surface area contributed by atoms with Crippen LogP contribution in [0, 0.1) is 17.8 Å². The van der Waals surface area contributed by atoms with Crippen molar-refractivity contribution in [2.75, 3.05) is 33.4 Å². The fourth-order valence-corrected chi connectivity index (χ4v) is 5.34. The smallest absolute Gasteiger partial charge is 0.413 e. The van der Waals surface area contributed by atoms with Crippen LogP contribution in [0.2, 0.25) is 0 Å². The monoisotopic (exact) mass is 568 g/mol. The predicted molar refractivity (Wildman–Crippen MR) is 150 cm³/mol. The molecule has 41 heavy (non-hydrogen) atoms. The molecule has 2 saturated carbocycles. The number of aliphatic hydroxyl groups excluding tert-OH is 1. The summed E-state index contributed by atoms with van der Waals surface area (Å²) in [6, 6.07) is 7.68. The van der Waals surface area contributed by atoms with Gasteiger partial charge >= 0.3 is 6.09 Å². The molecule has 1 aliphatic heterocycles. The molecule has 3 amide bonds. The van der Waals surface area contributed by atoms with Crippen LogP contribution in [0.15, 0.2) is 30.5 Å². The number of benzene rings is 1. The lowest BCUT2D eigenvalue weighted by Crippen LogP contribution is -2.43. The summed E-state index contributed by atoms with van der Waals surface area (Å²) in [5.74, 6) is 0.318. The van der Waals surface area contributed by atoms with Gasteiger partial charge in [0.05, 0.1) is 19.6 Å². The van der Waals surface area contributed by atoms with Crippen molar-refractivity contribution in [1.82, 2.24) is 20.1 Å². The second-order valence-electron chi connectivity index (χ2n) is 12.2. The molecule has 0 spiro atoms. The molecule has 0 radical (unpaired) electrons. The van der Waals surface area contributed by atoms with Gasteiger partial charge < -0.3 is 29.5 Å². The van der Waals surface area contributed by atoms with Crippen molar-refractivity contribution in [1.29, 1.82) is 0 Å². The van der Waals surface area contributed by atoms with Crippen LogP contribution in [0.1, 0.15) is 46.5 Å². The number of likely N-dealkylation sites (tertiary alicyclic amines) is 1. The average Bonchev–Trinajstić information content (AvgIpc) is 3.85. The topological polar surface area (TPSA) is 131 Å². The molecule has 2 aliphatic carbocycles. The number of hydrogen-bond donors (Lipinski definition) is 2. The summed E-state index contributed by atoms with van der Waals surface area (Å²) in [5, 5.41) is 14.4.